The zero-order valence-corrected chi connectivity index (χ0v) is 11.2. The van der Waals surface area contributed by atoms with E-state index in [-0.39, 0.29) is 5.91 Å². The molecule has 0 unspecified atom stereocenters. The average molecular weight is 256 g/mol. The fourth-order valence-electron chi connectivity index (χ4n) is 1.44. The quantitative estimate of drug-likeness (QED) is 0.805. The molecule has 0 radical (unpaired) electrons. The molecule has 1 rings (SSSR count). The maximum atomic E-state index is 12.0. The Morgan fingerprint density at radius 1 is 1.35 bits per heavy atom. The number of rotatable bonds is 5. The van der Waals surface area contributed by atoms with E-state index in [0.29, 0.717) is 17.3 Å². The van der Waals surface area contributed by atoms with E-state index in [0.717, 1.165) is 13.0 Å². The van der Waals surface area contributed by atoms with Gasteiger partial charge in [-0.25, -0.2) is 0 Å². The monoisotopic (exact) mass is 255 g/mol. The van der Waals surface area contributed by atoms with E-state index in [1.165, 1.54) is 0 Å². The highest BCUT2D eigenvalue weighted by Gasteiger charge is 2.12. The Morgan fingerprint density at radius 3 is 2.65 bits per heavy atom. The van der Waals surface area contributed by atoms with E-state index < -0.39 is 0 Å². The van der Waals surface area contributed by atoms with Crippen molar-refractivity contribution in [3.8, 4) is 0 Å². The highest BCUT2D eigenvalue weighted by molar-refractivity contribution is 6.30. The van der Waals surface area contributed by atoms with Crippen molar-refractivity contribution >= 4 is 17.5 Å². The first-order valence-electron chi connectivity index (χ1n) is 5.52. The predicted octanol–water partition coefficient (Wildman–Crippen LogP) is 1.76. The average Bonchev–Trinajstić information content (AvgIpc) is 2.27. The van der Waals surface area contributed by atoms with Crippen molar-refractivity contribution in [1.29, 1.82) is 0 Å². The van der Waals surface area contributed by atoms with Crippen LogP contribution in [0, 0.1) is 0 Å². The minimum absolute atomic E-state index is 0.0914. The van der Waals surface area contributed by atoms with E-state index in [2.05, 4.69) is 9.88 Å². The Bertz CT molecular complexity index is 382. The third kappa shape index (κ3) is 4.71. The standard InChI is InChI=1S/C12H18ClN3O/c1-15(2)7-4-8-16(3)12(17)11-9-10(13)5-6-14-11/h5-6,9H,4,7-8H2,1-3H3. The van der Waals surface area contributed by atoms with Crippen molar-refractivity contribution in [2.75, 3.05) is 34.2 Å². The molecule has 0 N–H and O–H groups in total. The second-order valence-electron chi connectivity index (χ2n) is 4.24. The number of aromatic nitrogens is 1. The summed E-state index contributed by atoms with van der Waals surface area (Å²) in [5, 5.41) is 0.532. The SMILES string of the molecule is CN(C)CCCN(C)C(=O)c1cc(Cl)ccn1. The summed E-state index contributed by atoms with van der Waals surface area (Å²) in [5.41, 5.74) is 0.393. The molecule has 17 heavy (non-hydrogen) atoms. The zero-order chi connectivity index (χ0) is 12.8. The van der Waals surface area contributed by atoms with Crippen LogP contribution in [-0.4, -0.2) is 54.9 Å². The van der Waals surface area contributed by atoms with E-state index in [9.17, 15) is 4.79 Å². The van der Waals surface area contributed by atoms with Crippen LogP contribution < -0.4 is 0 Å². The molecule has 94 valence electrons. The molecule has 0 atom stereocenters. The van der Waals surface area contributed by atoms with Gasteiger partial charge in [0.05, 0.1) is 0 Å². The van der Waals surface area contributed by atoms with E-state index in [1.54, 1.807) is 30.3 Å². The second-order valence-corrected chi connectivity index (χ2v) is 4.68. The predicted molar refractivity (Wildman–Crippen MR) is 69.4 cm³/mol. The van der Waals surface area contributed by atoms with Gasteiger partial charge >= 0.3 is 0 Å². The Balaban J connectivity index is 2.52. The lowest BCUT2D eigenvalue weighted by molar-refractivity contribution is 0.0785. The van der Waals surface area contributed by atoms with Crippen LogP contribution in [0.3, 0.4) is 0 Å². The molecule has 4 nitrogen and oxygen atoms in total. The maximum Gasteiger partial charge on any atom is 0.272 e. The number of carbonyl (C=O) groups excluding carboxylic acids is 1. The molecule has 0 saturated heterocycles. The van der Waals surface area contributed by atoms with E-state index in [4.69, 9.17) is 11.6 Å². The molecule has 0 fully saturated rings. The number of nitrogens with zero attached hydrogens (tertiary/aromatic N) is 3. The van der Waals surface area contributed by atoms with Crippen LogP contribution >= 0.6 is 11.6 Å². The smallest absolute Gasteiger partial charge is 0.272 e. The molecule has 0 aliphatic heterocycles. The van der Waals surface area contributed by atoms with E-state index in [1.807, 2.05) is 14.1 Å². The third-order valence-corrected chi connectivity index (χ3v) is 2.62. The van der Waals surface area contributed by atoms with Crippen molar-refractivity contribution in [3.63, 3.8) is 0 Å². The van der Waals surface area contributed by atoms with Crippen LogP contribution in [0.15, 0.2) is 18.3 Å². The fraction of sp³-hybridized carbons (Fsp3) is 0.500. The van der Waals surface area contributed by atoms with Crippen LogP contribution in [-0.2, 0) is 0 Å². The van der Waals surface area contributed by atoms with Gasteiger partial charge < -0.3 is 9.80 Å². The van der Waals surface area contributed by atoms with Gasteiger partial charge in [-0.1, -0.05) is 11.6 Å². The minimum atomic E-state index is -0.0914. The molecule has 0 aromatic carbocycles. The summed E-state index contributed by atoms with van der Waals surface area (Å²) in [6.45, 7) is 1.67. The summed E-state index contributed by atoms with van der Waals surface area (Å²) in [7, 11) is 5.81. The molecular weight excluding hydrogens is 238 g/mol. The molecule has 5 heteroatoms. The van der Waals surface area contributed by atoms with Gasteiger partial charge in [-0.15, -0.1) is 0 Å². The summed E-state index contributed by atoms with van der Waals surface area (Å²) in [4.78, 5) is 19.7. The first kappa shape index (κ1) is 13.9. The number of hydrogen-bond acceptors (Lipinski definition) is 3. The van der Waals surface area contributed by atoms with Gasteiger partial charge in [0, 0.05) is 24.8 Å². The highest BCUT2D eigenvalue weighted by Crippen LogP contribution is 2.09. The highest BCUT2D eigenvalue weighted by atomic mass is 35.5. The first-order chi connectivity index (χ1) is 8.00. The van der Waals surface area contributed by atoms with Crippen molar-refractivity contribution in [2.24, 2.45) is 0 Å². The summed E-state index contributed by atoms with van der Waals surface area (Å²) in [6.07, 6.45) is 2.49. The first-order valence-corrected chi connectivity index (χ1v) is 5.90. The number of amides is 1. The van der Waals surface area contributed by atoms with Crippen molar-refractivity contribution < 1.29 is 4.79 Å². The number of halogens is 1. The second kappa shape index (κ2) is 6.57. The Kier molecular flexibility index (Phi) is 5.38. The van der Waals surface area contributed by atoms with Gasteiger partial charge in [-0.2, -0.15) is 0 Å². The molecule has 0 aliphatic carbocycles. The lowest BCUT2D eigenvalue weighted by Gasteiger charge is -2.18. The maximum absolute atomic E-state index is 12.0. The molecule has 1 aromatic rings. The van der Waals surface area contributed by atoms with Gasteiger partial charge in [0.1, 0.15) is 5.69 Å². The Hall–Kier alpha value is -1.13. The molecule has 0 spiro atoms. The lowest BCUT2D eigenvalue weighted by atomic mass is 10.3. The van der Waals surface area contributed by atoms with Crippen LogP contribution in [0.1, 0.15) is 16.9 Å². The molecule has 0 saturated carbocycles. The zero-order valence-electron chi connectivity index (χ0n) is 10.5. The normalized spacial score (nSPS) is 10.6. The van der Waals surface area contributed by atoms with Crippen molar-refractivity contribution in [2.45, 2.75) is 6.42 Å². The fourth-order valence-corrected chi connectivity index (χ4v) is 1.60. The number of carbonyl (C=O) groups is 1. The Labute approximate surface area is 107 Å². The van der Waals surface area contributed by atoms with Crippen LogP contribution in [0.2, 0.25) is 5.02 Å². The van der Waals surface area contributed by atoms with Crippen molar-refractivity contribution in [3.05, 3.63) is 29.0 Å². The largest absolute Gasteiger partial charge is 0.340 e. The van der Waals surface area contributed by atoms with Gasteiger partial charge in [-0.3, -0.25) is 9.78 Å². The molecule has 0 bridgehead atoms. The number of hydrogen-bond donors (Lipinski definition) is 0. The van der Waals surface area contributed by atoms with Crippen LogP contribution in [0.5, 0.6) is 0 Å². The molecular formula is C12H18ClN3O. The summed E-state index contributed by atoms with van der Waals surface area (Å²) in [5.74, 6) is -0.0914. The summed E-state index contributed by atoms with van der Waals surface area (Å²) < 4.78 is 0. The Morgan fingerprint density at radius 2 is 2.06 bits per heavy atom. The van der Waals surface area contributed by atoms with Gasteiger partial charge in [0.2, 0.25) is 0 Å². The lowest BCUT2D eigenvalue weighted by Crippen LogP contribution is -2.30. The van der Waals surface area contributed by atoms with Crippen LogP contribution in [0.25, 0.3) is 0 Å². The molecule has 1 aromatic heterocycles. The van der Waals surface area contributed by atoms with Crippen LogP contribution in [0.4, 0.5) is 0 Å². The number of pyridine rings is 1. The topological polar surface area (TPSA) is 36.4 Å². The van der Waals surface area contributed by atoms with Gasteiger partial charge in [-0.05, 0) is 39.2 Å². The molecule has 0 aliphatic rings. The summed E-state index contributed by atoms with van der Waals surface area (Å²) >= 11 is 5.82. The van der Waals surface area contributed by atoms with E-state index >= 15 is 0 Å². The third-order valence-electron chi connectivity index (χ3n) is 2.39. The molecule has 1 amide bonds. The molecule has 1 heterocycles. The van der Waals surface area contributed by atoms with Crippen molar-refractivity contribution in [1.82, 2.24) is 14.8 Å². The summed E-state index contributed by atoms with van der Waals surface area (Å²) in [6, 6.07) is 3.25. The van der Waals surface area contributed by atoms with Gasteiger partial charge in [0.15, 0.2) is 0 Å². The minimum Gasteiger partial charge on any atom is -0.340 e. The van der Waals surface area contributed by atoms with Gasteiger partial charge in [0.25, 0.3) is 5.91 Å².